The Balaban J connectivity index is 1.90. The first-order valence-electron chi connectivity index (χ1n) is 5.77. The summed E-state index contributed by atoms with van der Waals surface area (Å²) in [6.07, 6.45) is 4.91. The number of amides is 1. The Morgan fingerprint density at radius 3 is 3.18 bits per heavy atom. The molecule has 5 heteroatoms. The van der Waals surface area contributed by atoms with Crippen LogP contribution in [0.4, 0.5) is 4.79 Å². The van der Waals surface area contributed by atoms with Crippen LogP contribution in [-0.4, -0.2) is 33.9 Å². The summed E-state index contributed by atoms with van der Waals surface area (Å²) in [7, 11) is 0. The number of likely N-dealkylation sites (tertiary alicyclic amines) is 1. The molecule has 1 atom stereocenters. The predicted molar refractivity (Wildman–Crippen MR) is 61.4 cm³/mol. The lowest BCUT2D eigenvalue weighted by atomic mass is 10.1. The van der Waals surface area contributed by atoms with E-state index < -0.39 is 6.09 Å². The number of nitrogens with zero attached hydrogens (tertiary/aromatic N) is 2. The zero-order chi connectivity index (χ0) is 12.1. The summed E-state index contributed by atoms with van der Waals surface area (Å²) in [5.74, 6) is 0. The molecule has 2 rings (SSSR count). The molecule has 1 N–H and O–H groups in total. The second-order valence-electron chi connectivity index (χ2n) is 4.10. The van der Waals surface area contributed by atoms with Crippen molar-refractivity contribution in [1.82, 2.24) is 9.88 Å². The molecule has 0 saturated carbocycles. The average Bonchev–Trinajstić information content (AvgIpc) is 2.38. The highest BCUT2D eigenvalue weighted by Gasteiger charge is 2.26. The van der Waals surface area contributed by atoms with E-state index in [1.54, 1.807) is 12.4 Å². The molecule has 0 aromatic carbocycles. The number of hydrogen-bond acceptors (Lipinski definition) is 3. The summed E-state index contributed by atoms with van der Waals surface area (Å²) < 4.78 is 5.65. The normalized spacial score (nSPS) is 20.2. The zero-order valence-corrected chi connectivity index (χ0v) is 9.58. The van der Waals surface area contributed by atoms with Crippen LogP contribution >= 0.6 is 0 Å². The van der Waals surface area contributed by atoms with Gasteiger partial charge in [0.15, 0.2) is 0 Å². The summed E-state index contributed by atoms with van der Waals surface area (Å²) in [5, 5.41) is 9.04. The van der Waals surface area contributed by atoms with Gasteiger partial charge in [0.1, 0.15) is 6.23 Å². The minimum absolute atomic E-state index is 0.318. The Morgan fingerprint density at radius 2 is 2.47 bits per heavy atom. The molecule has 2 heterocycles. The van der Waals surface area contributed by atoms with E-state index in [1.807, 2.05) is 12.1 Å². The first-order valence-corrected chi connectivity index (χ1v) is 5.77. The number of rotatable bonds is 3. The smallest absolute Gasteiger partial charge is 0.409 e. The molecule has 1 fully saturated rings. The molecule has 1 saturated heterocycles. The van der Waals surface area contributed by atoms with Crippen molar-refractivity contribution >= 4 is 6.09 Å². The van der Waals surface area contributed by atoms with E-state index in [0.29, 0.717) is 13.2 Å². The van der Waals surface area contributed by atoms with E-state index in [1.165, 1.54) is 4.90 Å². The Hall–Kier alpha value is -1.62. The third kappa shape index (κ3) is 3.17. The first kappa shape index (κ1) is 11.9. The molecule has 0 aliphatic carbocycles. The fourth-order valence-electron chi connectivity index (χ4n) is 1.97. The minimum Gasteiger partial charge on any atom is -0.465 e. The maximum absolute atomic E-state index is 11.0. The molecule has 0 spiro atoms. The second-order valence-corrected chi connectivity index (χ2v) is 4.10. The lowest BCUT2D eigenvalue weighted by Gasteiger charge is -2.33. The summed E-state index contributed by atoms with van der Waals surface area (Å²) >= 11 is 0. The van der Waals surface area contributed by atoms with Crippen LogP contribution in [0.2, 0.25) is 0 Å². The van der Waals surface area contributed by atoms with E-state index in [-0.39, 0.29) is 6.23 Å². The number of piperidine rings is 1. The van der Waals surface area contributed by atoms with Gasteiger partial charge in [-0.1, -0.05) is 6.07 Å². The van der Waals surface area contributed by atoms with E-state index in [9.17, 15) is 4.79 Å². The molecule has 1 unspecified atom stereocenters. The largest absolute Gasteiger partial charge is 0.465 e. The molecule has 17 heavy (non-hydrogen) atoms. The van der Waals surface area contributed by atoms with Crippen LogP contribution < -0.4 is 0 Å². The lowest BCUT2D eigenvalue weighted by molar-refractivity contribution is -0.0746. The van der Waals surface area contributed by atoms with Gasteiger partial charge in [-0.2, -0.15) is 0 Å². The van der Waals surface area contributed by atoms with Gasteiger partial charge in [-0.3, -0.25) is 9.88 Å². The van der Waals surface area contributed by atoms with Crippen LogP contribution in [0.5, 0.6) is 0 Å². The number of hydrogen-bond donors (Lipinski definition) is 1. The van der Waals surface area contributed by atoms with Crippen LogP contribution in [-0.2, 0) is 11.3 Å². The van der Waals surface area contributed by atoms with E-state index in [4.69, 9.17) is 9.84 Å². The molecule has 1 amide bonds. The monoisotopic (exact) mass is 236 g/mol. The average molecular weight is 236 g/mol. The van der Waals surface area contributed by atoms with Gasteiger partial charge in [-0.15, -0.1) is 0 Å². The summed E-state index contributed by atoms with van der Waals surface area (Å²) in [5.41, 5.74) is 0.961. The fraction of sp³-hybridized carbons (Fsp3) is 0.500. The van der Waals surface area contributed by atoms with Gasteiger partial charge in [0, 0.05) is 18.9 Å². The highest BCUT2D eigenvalue weighted by Crippen LogP contribution is 2.19. The van der Waals surface area contributed by atoms with Gasteiger partial charge in [0.05, 0.1) is 6.61 Å². The van der Waals surface area contributed by atoms with E-state index in [2.05, 4.69) is 4.98 Å². The fourth-order valence-corrected chi connectivity index (χ4v) is 1.97. The summed E-state index contributed by atoms with van der Waals surface area (Å²) in [6, 6.07) is 3.76. The van der Waals surface area contributed by atoms with Crippen molar-refractivity contribution in [2.45, 2.75) is 32.1 Å². The molecule has 1 aliphatic heterocycles. The Morgan fingerprint density at radius 1 is 1.59 bits per heavy atom. The first-order chi connectivity index (χ1) is 8.27. The lowest BCUT2D eigenvalue weighted by Crippen LogP contribution is -2.44. The zero-order valence-electron chi connectivity index (χ0n) is 9.58. The Kier molecular flexibility index (Phi) is 3.93. The molecule has 5 nitrogen and oxygen atoms in total. The predicted octanol–water partition coefficient (Wildman–Crippen LogP) is 2.09. The third-order valence-corrected chi connectivity index (χ3v) is 2.86. The molecular weight excluding hydrogens is 220 g/mol. The van der Waals surface area contributed by atoms with Crippen molar-refractivity contribution in [2.24, 2.45) is 0 Å². The van der Waals surface area contributed by atoms with Gasteiger partial charge in [-0.25, -0.2) is 4.79 Å². The van der Waals surface area contributed by atoms with Crippen LogP contribution in [0.15, 0.2) is 24.5 Å². The van der Waals surface area contributed by atoms with Crippen LogP contribution in [0, 0.1) is 0 Å². The number of carbonyl (C=O) groups is 1. The number of aromatic nitrogens is 1. The Labute approximate surface area is 100 Å². The number of carboxylic acid groups (broad SMARTS) is 1. The Bertz CT molecular complexity index is 369. The molecule has 1 aliphatic rings. The number of ether oxygens (including phenoxy) is 1. The number of pyridine rings is 1. The molecule has 1 aromatic heterocycles. The second kappa shape index (κ2) is 5.63. The van der Waals surface area contributed by atoms with E-state index in [0.717, 1.165) is 24.8 Å². The molecular formula is C12H16N2O3. The van der Waals surface area contributed by atoms with Gasteiger partial charge < -0.3 is 9.84 Å². The van der Waals surface area contributed by atoms with Crippen LogP contribution in [0.1, 0.15) is 24.8 Å². The SMILES string of the molecule is O=C(O)N1CCCCC1OCc1cccnc1. The van der Waals surface area contributed by atoms with Crippen molar-refractivity contribution < 1.29 is 14.6 Å². The maximum Gasteiger partial charge on any atom is 0.409 e. The molecule has 0 bridgehead atoms. The summed E-state index contributed by atoms with van der Waals surface area (Å²) in [6.45, 7) is 0.968. The van der Waals surface area contributed by atoms with Crippen molar-refractivity contribution in [3.05, 3.63) is 30.1 Å². The van der Waals surface area contributed by atoms with Gasteiger partial charge in [0.25, 0.3) is 0 Å². The van der Waals surface area contributed by atoms with Crippen molar-refractivity contribution in [2.75, 3.05) is 6.54 Å². The van der Waals surface area contributed by atoms with Crippen molar-refractivity contribution in [1.29, 1.82) is 0 Å². The standard InChI is InChI=1S/C12H16N2O3/c15-12(16)14-7-2-1-5-11(14)17-9-10-4-3-6-13-8-10/h3-4,6,8,11H,1-2,5,7,9H2,(H,15,16). The van der Waals surface area contributed by atoms with Gasteiger partial charge in [-0.05, 0) is 30.9 Å². The van der Waals surface area contributed by atoms with Crippen LogP contribution in [0.25, 0.3) is 0 Å². The quantitative estimate of drug-likeness (QED) is 0.872. The minimum atomic E-state index is -0.902. The van der Waals surface area contributed by atoms with Crippen LogP contribution in [0.3, 0.4) is 0 Å². The molecule has 1 aromatic rings. The van der Waals surface area contributed by atoms with Gasteiger partial charge in [0.2, 0.25) is 0 Å². The summed E-state index contributed by atoms with van der Waals surface area (Å²) in [4.78, 5) is 16.4. The van der Waals surface area contributed by atoms with Gasteiger partial charge >= 0.3 is 6.09 Å². The molecule has 0 radical (unpaired) electrons. The topological polar surface area (TPSA) is 62.7 Å². The van der Waals surface area contributed by atoms with Crippen molar-refractivity contribution in [3.8, 4) is 0 Å². The molecule has 92 valence electrons. The maximum atomic E-state index is 11.0. The van der Waals surface area contributed by atoms with Crippen molar-refractivity contribution in [3.63, 3.8) is 0 Å². The third-order valence-electron chi connectivity index (χ3n) is 2.86. The van der Waals surface area contributed by atoms with E-state index >= 15 is 0 Å². The highest BCUT2D eigenvalue weighted by atomic mass is 16.5. The highest BCUT2D eigenvalue weighted by molar-refractivity contribution is 5.65.